The average Bonchev–Trinajstić information content (AvgIpc) is 3.66. The van der Waals surface area contributed by atoms with Crippen molar-refractivity contribution in [3.63, 3.8) is 0 Å². The molecular formula is C32H37N9O3. The maximum atomic E-state index is 12.2. The summed E-state index contributed by atoms with van der Waals surface area (Å²) < 4.78 is 9.89. The Balaban J connectivity index is 1.46. The fourth-order valence-corrected chi connectivity index (χ4v) is 5.85. The third-order valence-corrected chi connectivity index (χ3v) is 8.17. The lowest BCUT2D eigenvalue weighted by Gasteiger charge is -2.22. The van der Waals surface area contributed by atoms with Crippen LogP contribution in [0.15, 0.2) is 55.1 Å². The molecule has 0 unspecified atom stereocenters. The number of hydrogen-bond acceptors (Lipinski definition) is 9. The molecule has 0 bridgehead atoms. The first-order valence-electron chi connectivity index (χ1n) is 14.8. The summed E-state index contributed by atoms with van der Waals surface area (Å²) in [4.78, 5) is 25.4. The van der Waals surface area contributed by atoms with Gasteiger partial charge >= 0.3 is 0 Å². The lowest BCUT2D eigenvalue weighted by atomic mass is 9.99. The quantitative estimate of drug-likeness (QED) is 0.154. The molecule has 3 aromatic heterocycles. The molecule has 0 spiro atoms. The number of nitro groups is 1. The standard InChI is InChI=1S/C32H37N9O3/c1-6-40-19-22(17-34-40)24-18-33-32(36-30(24)25-20-39-12-8-10-21-9-7-11-23(25)31(21)39)35-26-15-28(41(42)43)27(16-29(26)44-5)38(4)14-13-37(2)3/h7,9,11,15-20H,6,8,10,12-14H2,1-5H3,(H,33,35,36). The molecule has 4 heterocycles. The largest absolute Gasteiger partial charge is 0.494 e. The molecule has 2 aromatic carbocycles. The molecule has 5 aromatic rings. The van der Waals surface area contributed by atoms with E-state index in [1.54, 1.807) is 19.4 Å². The van der Waals surface area contributed by atoms with Crippen molar-refractivity contribution in [3.8, 4) is 28.1 Å². The van der Waals surface area contributed by atoms with Crippen molar-refractivity contribution >= 4 is 33.9 Å². The molecule has 0 radical (unpaired) electrons. The zero-order valence-electron chi connectivity index (χ0n) is 25.7. The number of nitrogens with one attached hydrogen (secondary N) is 1. The Bertz CT molecular complexity index is 1840. The van der Waals surface area contributed by atoms with Crippen LogP contribution in [0.2, 0.25) is 0 Å². The van der Waals surface area contributed by atoms with Crippen LogP contribution in [0.4, 0.5) is 23.0 Å². The maximum Gasteiger partial charge on any atom is 0.294 e. The van der Waals surface area contributed by atoms with Crippen molar-refractivity contribution in [2.24, 2.45) is 0 Å². The van der Waals surface area contributed by atoms with E-state index in [4.69, 9.17) is 9.72 Å². The van der Waals surface area contributed by atoms with Crippen LogP contribution in [0, 0.1) is 10.1 Å². The summed E-state index contributed by atoms with van der Waals surface area (Å²) in [5.74, 6) is 0.757. The number of benzene rings is 2. The number of para-hydroxylation sites is 1. The first kappa shape index (κ1) is 29.1. The van der Waals surface area contributed by atoms with Crippen LogP contribution in [-0.4, -0.2) is 75.5 Å². The van der Waals surface area contributed by atoms with Gasteiger partial charge in [0.1, 0.15) is 11.4 Å². The van der Waals surface area contributed by atoms with Crippen LogP contribution in [0.1, 0.15) is 18.9 Å². The van der Waals surface area contributed by atoms with E-state index in [0.717, 1.165) is 60.2 Å². The van der Waals surface area contributed by atoms with Crippen LogP contribution in [0.5, 0.6) is 5.75 Å². The van der Waals surface area contributed by atoms with E-state index >= 15 is 0 Å². The van der Waals surface area contributed by atoms with E-state index in [-0.39, 0.29) is 10.6 Å². The molecule has 6 rings (SSSR count). The van der Waals surface area contributed by atoms with Crippen molar-refractivity contribution in [3.05, 3.63) is 70.8 Å². The number of ether oxygens (including phenoxy) is 1. The highest BCUT2D eigenvalue weighted by Crippen LogP contribution is 2.41. The molecule has 0 atom stereocenters. The molecule has 44 heavy (non-hydrogen) atoms. The van der Waals surface area contributed by atoms with Crippen LogP contribution in [-0.2, 0) is 19.5 Å². The van der Waals surface area contributed by atoms with Gasteiger partial charge in [0, 0.05) is 86.0 Å². The van der Waals surface area contributed by atoms with Crippen molar-refractivity contribution in [2.45, 2.75) is 32.9 Å². The molecule has 0 amide bonds. The molecule has 0 saturated heterocycles. The molecule has 228 valence electrons. The Kier molecular flexibility index (Phi) is 7.92. The summed E-state index contributed by atoms with van der Waals surface area (Å²) >= 11 is 0. The van der Waals surface area contributed by atoms with Crippen molar-refractivity contribution < 1.29 is 9.66 Å². The van der Waals surface area contributed by atoms with Crippen LogP contribution >= 0.6 is 0 Å². The highest BCUT2D eigenvalue weighted by molar-refractivity contribution is 6.00. The summed E-state index contributed by atoms with van der Waals surface area (Å²) in [5.41, 5.74) is 6.95. The van der Waals surface area contributed by atoms with Gasteiger partial charge in [-0.05, 0) is 39.4 Å². The van der Waals surface area contributed by atoms with E-state index < -0.39 is 0 Å². The number of aryl methyl sites for hydroxylation is 3. The SMILES string of the molecule is CCn1cc(-c2cnc(Nc3cc([N+](=O)[O-])c(N(C)CCN(C)C)cc3OC)nc2-c2cn3c4c(cccc24)CCC3)cn1. The predicted molar refractivity (Wildman–Crippen MR) is 173 cm³/mol. The summed E-state index contributed by atoms with van der Waals surface area (Å²) in [5, 5.41) is 21.0. The molecule has 1 N–H and O–H groups in total. The summed E-state index contributed by atoms with van der Waals surface area (Å²) in [6.07, 6.45) is 9.93. The van der Waals surface area contributed by atoms with Gasteiger partial charge in [-0.25, -0.2) is 9.97 Å². The second kappa shape index (κ2) is 12.0. The number of aromatic nitrogens is 5. The average molecular weight is 596 g/mol. The zero-order valence-corrected chi connectivity index (χ0v) is 25.7. The number of rotatable bonds is 11. The Hall–Kier alpha value is -4.97. The minimum Gasteiger partial charge on any atom is -0.494 e. The Morgan fingerprint density at radius 2 is 1.95 bits per heavy atom. The fourth-order valence-electron chi connectivity index (χ4n) is 5.85. The molecule has 0 saturated carbocycles. The second-order valence-electron chi connectivity index (χ2n) is 11.3. The van der Waals surface area contributed by atoms with E-state index in [1.807, 2.05) is 54.9 Å². The van der Waals surface area contributed by atoms with Gasteiger partial charge in [0.15, 0.2) is 0 Å². The predicted octanol–water partition coefficient (Wildman–Crippen LogP) is 5.59. The molecule has 12 heteroatoms. The molecule has 0 fully saturated rings. The van der Waals surface area contributed by atoms with Gasteiger partial charge in [0.25, 0.3) is 5.69 Å². The van der Waals surface area contributed by atoms with E-state index in [1.165, 1.54) is 17.1 Å². The molecule has 12 nitrogen and oxygen atoms in total. The van der Waals surface area contributed by atoms with E-state index in [0.29, 0.717) is 29.6 Å². The molecule has 1 aliphatic rings. The maximum absolute atomic E-state index is 12.2. The Labute approximate surface area is 256 Å². The van der Waals surface area contributed by atoms with E-state index in [9.17, 15) is 10.1 Å². The van der Waals surface area contributed by atoms with Gasteiger partial charge in [-0.3, -0.25) is 14.8 Å². The van der Waals surface area contributed by atoms with Crippen LogP contribution < -0.4 is 15.0 Å². The zero-order chi connectivity index (χ0) is 31.0. The van der Waals surface area contributed by atoms with Gasteiger partial charge in [0.05, 0.1) is 35.1 Å². The topological polar surface area (TPSA) is 119 Å². The lowest BCUT2D eigenvalue weighted by Crippen LogP contribution is -2.28. The number of hydrogen-bond donors (Lipinski definition) is 1. The van der Waals surface area contributed by atoms with Crippen molar-refractivity contribution in [2.75, 3.05) is 51.6 Å². The van der Waals surface area contributed by atoms with Crippen LogP contribution in [0.3, 0.4) is 0 Å². The van der Waals surface area contributed by atoms with Crippen molar-refractivity contribution in [1.29, 1.82) is 0 Å². The number of nitrogens with zero attached hydrogens (tertiary/aromatic N) is 8. The third-order valence-electron chi connectivity index (χ3n) is 8.17. The number of likely N-dealkylation sites (N-methyl/N-ethyl adjacent to an activating group) is 2. The first-order valence-corrected chi connectivity index (χ1v) is 14.8. The molecule has 0 aliphatic carbocycles. The second-order valence-corrected chi connectivity index (χ2v) is 11.3. The summed E-state index contributed by atoms with van der Waals surface area (Å²) in [6.45, 7) is 5.10. The van der Waals surface area contributed by atoms with Gasteiger partial charge in [-0.2, -0.15) is 5.10 Å². The molecule has 1 aliphatic heterocycles. The minimum absolute atomic E-state index is 0.0348. The summed E-state index contributed by atoms with van der Waals surface area (Å²) in [7, 11) is 7.32. The lowest BCUT2D eigenvalue weighted by molar-refractivity contribution is -0.384. The van der Waals surface area contributed by atoms with E-state index in [2.05, 4.69) is 44.4 Å². The van der Waals surface area contributed by atoms with Gasteiger partial charge in [0.2, 0.25) is 5.95 Å². The van der Waals surface area contributed by atoms with Crippen molar-refractivity contribution in [1.82, 2.24) is 29.2 Å². The Morgan fingerprint density at radius 3 is 2.68 bits per heavy atom. The minimum atomic E-state index is -0.374. The monoisotopic (exact) mass is 595 g/mol. The van der Waals surface area contributed by atoms with Crippen LogP contribution in [0.25, 0.3) is 33.3 Å². The normalized spacial score (nSPS) is 12.6. The van der Waals surface area contributed by atoms with Gasteiger partial charge in [-0.1, -0.05) is 18.2 Å². The first-order chi connectivity index (χ1) is 21.3. The highest BCUT2D eigenvalue weighted by Gasteiger charge is 2.24. The fraction of sp³-hybridized carbons (Fsp3) is 0.344. The Morgan fingerprint density at radius 1 is 1.11 bits per heavy atom. The molecular weight excluding hydrogens is 558 g/mol. The number of methoxy groups -OCH3 is 1. The van der Waals surface area contributed by atoms with Gasteiger partial charge < -0.3 is 24.4 Å². The summed E-state index contributed by atoms with van der Waals surface area (Å²) in [6, 6.07) is 9.62. The highest BCUT2D eigenvalue weighted by atomic mass is 16.6. The third kappa shape index (κ3) is 5.44. The number of anilines is 3. The van der Waals surface area contributed by atoms with Gasteiger partial charge in [-0.15, -0.1) is 0 Å². The number of nitro benzene ring substituents is 1. The smallest absolute Gasteiger partial charge is 0.294 e.